The average Bonchev–Trinajstić information content (AvgIpc) is 3.57. The van der Waals surface area contributed by atoms with Crippen molar-refractivity contribution in [1.29, 1.82) is 0 Å². The largest absolute Gasteiger partial charge is 0.225 e. The van der Waals surface area contributed by atoms with Crippen molar-refractivity contribution in [3.8, 4) is 11.4 Å². The van der Waals surface area contributed by atoms with Gasteiger partial charge in [0.05, 0.1) is 10.9 Å². The second-order valence-corrected chi connectivity index (χ2v) is 11.2. The molecule has 8 nitrogen and oxygen atoms in total. The number of fused-ring (bicyclic) bond motifs is 3. The third-order valence-corrected chi connectivity index (χ3v) is 9.00. The van der Waals surface area contributed by atoms with E-state index in [9.17, 15) is 0 Å². The summed E-state index contributed by atoms with van der Waals surface area (Å²) in [6.45, 7) is 0. The summed E-state index contributed by atoms with van der Waals surface area (Å²) in [5, 5.41) is 22.1. The molecule has 4 aliphatic rings. The van der Waals surface area contributed by atoms with E-state index < -0.39 is 0 Å². The van der Waals surface area contributed by atoms with Crippen LogP contribution in [0.5, 0.6) is 0 Å². The van der Waals surface area contributed by atoms with Crippen LogP contribution in [0, 0.1) is 11.8 Å². The monoisotopic (exact) mass is 454 g/mol. The Kier molecular flexibility index (Phi) is 3.44. The molecule has 9 rings (SSSR count). The van der Waals surface area contributed by atoms with E-state index in [0.29, 0.717) is 17.7 Å². The zero-order valence-electron chi connectivity index (χ0n) is 18.0. The van der Waals surface area contributed by atoms with Crippen LogP contribution in [-0.4, -0.2) is 39.8 Å². The fourth-order valence-electron chi connectivity index (χ4n) is 7.32. The molecule has 4 heterocycles. The Morgan fingerprint density at radius 3 is 2.67 bits per heavy atom. The Labute approximate surface area is 193 Å². The van der Waals surface area contributed by atoms with Gasteiger partial charge in [0.15, 0.2) is 11.5 Å². The first kappa shape index (κ1) is 18.3. The molecule has 4 aromatic heterocycles. The molecule has 1 aromatic carbocycles. The second-order valence-electron chi connectivity index (χ2n) is 10.3. The molecule has 0 N–H and O–H groups in total. The summed E-state index contributed by atoms with van der Waals surface area (Å²) in [7, 11) is 0. The van der Waals surface area contributed by atoms with Crippen LogP contribution >= 0.6 is 11.3 Å². The number of thiophene rings is 1. The van der Waals surface area contributed by atoms with Crippen molar-refractivity contribution in [2.75, 3.05) is 0 Å². The fourth-order valence-corrected chi connectivity index (χ4v) is 8.05. The lowest BCUT2D eigenvalue weighted by Gasteiger charge is -2.60. The summed E-state index contributed by atoms with van der Waals surface area (Å²) < 4.78 is 1.87. The molecule has 9 heteroatoms. The molecule has 4 saturated carbocycles. The van der Waals surface area contributed by atoms with Crippen LogP contribution < -0.4 is 0 Å². The maximum atomic E-state index is 5.13. The van der Waals surface area contributed by atoms with Gasteiger partial charge in [-0.2, -0.15) is 4.80 Å². The molecule has 164 valence electrons. The summed E-state index contributed by atoms with van der Waals surface area (Å²) in [6, 6.07) is 12.2. The Bertz CT molecular complexity index is 1500. The zero-order chi connectivity index (χ0) is 21.6. The van der Waals surface area contributed by atoms with E-state index in [1.807, 2.05) is 46.0 Å². The highest BCUT2D eigenvalue weighted by Crippen LogP contribution is 2.64. The Balaban J connectivity index is 1.24. The highest BCUT2D eigenvalue weighted by Gasteiger charge is 2.61. The van der Waals surface area contributed by atoms with Crippen LogP contribution in [-0.2, 0) is 11.0 Å². The maximum absolute atomic E-state index is 5.13. The van der Waals surface area contributed by atoms with Crippen molar-refractivity contribution < 1.29 is 0 Å². The zero-order valence-corrected chi connectivity index (χ0v) is 18.8. The van der Waals surface area contributed by atoms with E-state index in [0.717, 1.165) is 59.4 Å². The van der Waals surface area contributed by atoms with Crippen molar-refractivity contribution in [3.05, 3.63) is 53.9 Å². The number of tetrazole rings is 1. The van der Waals surface area contributed by atoms with Gasteiger partial charge in [0.25, 0.3) is 0 Å². The molecule has 0 radical (unpaired) electrons. The molecule has 2 unspecified atom stereocenters. The molecule has 0 spiro atoms. The lowest BCUT2D eigenvalue weighted by molar-refractivity contribution is -0.0784. The summed E-state index contributed by atoms with van der Waals surface area (Å²) in [5.41, 5.74) is 1.81. The van der Waals surface area contributed by atoms with E-state index in [-0.39, 0.29) is 11.0 Å². The summed E-state index contributed by atoms with van der Waals surface area (Å²) >= 11 is 1.65. The van der Waals surface area contributed by atoms with E-state index >= 15 is 0 Å². The Hall–Kier alpha value is -3.20. The number of hydrogen-bond acceptors (Lipinski definition) is 7. The predicted octanol–water partition coefficient (Wildman–Crippen LogP) is 4.24. The van der Waals surface area contributed by atoms with Gasteiger partial charge in [-0.3, -0.25) is 0 Å². The van der Waals surface area contributed by atoms with Gasteiger partial charge in [-0.1, -0.05) is 30.3 Å². The van der Waals surface area contributed by atoms with Crippen molar-refractivity contribution in [3.63, 3.8) is 0 Å². The normalized spacial score (nSPS) is 30.5. The van der Waals surface area contributed by atoms with E-state index in [4.69, 9.17) is 15.2 Å². The number of hydrogen-bond donors (Lipinski definition) is 0. The smallest absolute Gasteiger partial charge is 0.204 e. The van der Waals surface area contributed by atoms with Crippen molar-refractivity contribution in [2.24, 2.45) is 11.8 Å². The Morgan fingerprint density at radius 1 is 0.970 bits per heavy atom. The van der Waals surface area contributed by atoms with Crippen LogP contribution in [0.3, 0.4) is 0 Å². The second kappa shape index (κ2) is 6.22. The summed E-state index contributed by atoms with van der Waals surface area (Å²) in [6.07, 6.45) is 8.65. The van der Waals surface area contributed by atoms with Crippen molar-refractivity contribution >= 4 is 27.2 Å². The SMILES string of the molecule is c1ccc(-c2nnn(C34CC5CC(CC(c6nc7c8ccsc8ncn7n6)(C5)C3)C4)n2)cc1. The van der Waals surface area contributed by atoms with Gasteiger partial charge in [0, 0.05) is 11.0 Å². The van der Waals surface area contributed by atoms with Gasteiger partial charge in [-0.15, -0.1) is 26.6 Å². The number of nitrogens with zero attached hydrogens (tertiary/aromatic N) is 8. The van der Waals surface area contributed by atoms with Gasteiger partial charge in [0.2, 0.25) is 5.82 Å². The quantitative estimate of drug-likeness (QED) is 0.405. The van der Waals surface area contributed by atoms with Crippen LogP contribution in [0.15, 0.2) is 48.1 Å². The number of benzene rings is 1. The molecule has 4 aliphatic carbocycles. The number of rotatable bonds is 3. The van der Waals surface area contributed by atoms with Crippen molar-refractivity contribution in [2.45, 2.75) is 49.5 Å². The first-order valence-corrected chi connectivity index (χ1v) is 12.5. The molecule has 4 bridgehead atoms. The molecule has 2 atom stereocenters. The lowest BCUT2D eigenvalue weighted by Crippen LogP contribution is -2.59. The highest BCUT2D eigenvalue weighted by molar-refractivity contribution is 7.16. The molecular formula is C24H22N8S. The van der Waals surface area contributed by atoms with Crippen LogP contribution in [0.4, 0.5) is 0 Å². The minimum absolute atomic E-state index is 0.0288. The molecular weight excluding hydrogens is 432 g/mol. The van der Waals surface area contributed by atoms with E-state index in [1.165, 1.54) is 6.42 Å². The molecule has 0 aliphatic heterocycles. The third-order valence-electron chi connectivity index (χ3n) is 8.18. The fraction of sp³-hybridized carbons (Fsp3) is 0.417. The topological polar surface area (TPSA) is 86.7 Å². The first-order chi connectivity index (χ1) is 16.2. The molecule has 5 aromatic rings. The third kappa shape index (κ3) is 2.51. The Morgan fingerprint density at radius 2 is 1.82 bits per heavy atom. The van der Waals surface area contributed by atoms with E-state index in [2.05, 4.69) is 26.7 Å². The minimum Gasteiger partial charge on any atom is -0.225 e. The predicted molar refractivity (Wildman–Crippen MR) is 124 cm³/mol. The van der Waals surface area contributed by atoms with Crippen LogP contribution in [0.25, 0.3) is 27.3 Å². The van der Waals surface area contributed by atoms with E-state index in [1.54, 1.807) is 11.3 Å². The van der Waals surface area contributed by atoms with Gasteiger partial charge >= 0.3 is 0 Å². The van der Waals surface area contributed by atoms with Crippen LogP contribution in [0.1, 0.15) is 44.3 Å². The van der Waals surface area contributed by atoms with Crippen molar-refractivity contribution in [1.82, 2.24) is 39.8 Å². The van der Waals surface area contributed by atoms with Gasteiger partial charge < -0.3 is 0 Å². The number of aromatic nitrogens is 8. The average molecular weight is 455 g/mol. The van der Waals surface area contributed by atoms with Crippen LogP contribution in [0.2, 0.25) is 0 Å². The lowest BCUT2D eigenvalue weighted by atomic mass is 9.46. The van der Waals surface area contributed by atoms with Gasteiger partial charge in [-0.25, -0.2) is 14.5 Å². The first-order valence-electron chi connectivity index (χ1n) is 11.6. The summed E-state index contributed by atoms with van der Waals surface area (Å²) in [5.74, 6) is 2.99. The molecule has 4 fully saturated rings. The maximum Gasteiger partial charge on any atom is 0.204 e. The highest BCUT2D eigenvalue weighted by atomic mass is 32.1. The minimum atomic E-state index is -0.0997. The summed E-state index contributed by atoms with van der Waals surface area (Å²) in [4.78, 5) is 12.7. The molecule has 0 amide bonds. The van der Waals surface area contributed by atoms with Gasteiger partial charge in [0.1, 0.15) is 11.2 Å². The standard InChI is InChI=1S/C24H22N8S/c1-2-4-17(5-3-1)19-27-30-32(28-19)24-11-15-8-16(12-24)10-23(9-15,13-24)22-26-20-18-6-7-33-21(18)25-14-31(20)29-22/h1-7,14-16H,8-13H2. The molecule has 0 saturated heterocycles. The molecule has 33 heavy (non-hydrogen) atoms. The van der Waals surface area contributed by atoms with Gasteiger partial charge in [-0.05, 0) is 67.0 Å².